The van der Waals surface area contributed by atoms with Crippen LogP contribution >= 0.6 is 0 Å². The number of benzene rings is 3. The quantitative estimate of drug-likeness (QED) is 0.0877. The molecule has 6 aliphatic rings. The summed E-state index contributed by atoms with van der Waals surface area (Å²) < 4.78 is 43.7. The molecule has 4 saturated heterocycles. The van der Waals surface area contributed by atoms with E-state index in [-0.39, 0.29) is 59.5 Å². The van der Waals surface area contributed by atoms with Gasteiger partial charge in [-0.3, -0.25) is 14.5 Å². The third-order valence-electron chi connectivity index (χ3n) is 18.2. The highest BCUT2D eigenvalue weighted by atomic mass is 19.1. The summed E-state index contributed by atoms with van der Waals surface area (Å²) in [6, 6.07) is 12.0. The van der Waals surface area contributed by atoms with E-state index in [0.29, 0.717) is 61.1 Å². The van der Waals surface area contributed by atoms with E-state index in [1.165, 1.54) is 33.4 Å². The summed E-state index contributed by atoms with van der Waals surface area (Å²) in [7, 11) is 4.18. The van der Waals surface area contributed by atoms with Gasteiger partial charge in [-0.05, 0) is 143 Å². The first-order valence-electron chi connectivity index (χ1n) is 27.6. The summed E-state index contributed by atoms with van der Waals surface area (Å²) in [5, 5.41) is 12.8. The molecule has 11 atom stereocenters. The number of hydrogen-bond acceptors (Lipinski definition) is 10. The lowest BCUT2D eigenvalue weighted by Crippen LogP contribution is -2.56. The summed E-state index contributed by atoms with van der Waals surface area (Å²) in [4.78, 5) is 80.1. The van der Waals surface area contributed by atoms with Crippen LogP contribution in [0.3, 0.4) is 0 Å². The molecule has 5 aromatic rings. The smallest absolute Gasteiger partial charge is 0.407 e. The van der Waals surface area contributed by atoms with Gasteiger partial charge in [-0.15, -0.1) is 0 Å². The molecule has 4 aliphatic heterocycles. The second-order valence-corrected chi connectivity index (χ2v) is 22.8. The van der Waals surface area contributed by atoms with Gasteiger partial charge in [0.1, 0.15) is 29.4 Å². The molecular weight excluding hydrogens is 975 g/mol. The normalized spacial score (nSPS) is 26.6. The number of likely N-dealkylation sites (N-methyl/N-ethyl adjacent to an activating group) is 1. The molecule has 17 nitrogen and oxygen atoms in total. The number of amides is 4. The van der Waals surface area contributed by atoms with Crippen LogP contribution in [0.2, 0.25) is 0 Å². The van der Waals surface area contributed by atoms with Crippen molar-refractivity contribution in [3.63, 3.8) is 0 Å². The molecule has 76 heavy (non-hydrogen) atoms. The van der Waals surface area contributed by atoms with Gasteiger partial charge in [0.15, 0.2) is 11.6 Å². The minimum absolute atomic E-state index is 0.0131. The predicted molar refractivity (Wildman–Crippen MR) is 283 cm³/mol. The lowest BCUT2D eigenvalue weighted by Gasteiger charge is -2.37. The van der Waals surface area contributed by atoms with Crippen molar-refractivity contribution < 1.29 is 42.5 Å². The molecule has 11 rings (SSSR count). The van der Waals surface area contributed by atoms with Gasteiger partial charge in [0, 0.05) is 45.0 Å². The van der Waals surface area contributed by atoms with Gasteiger partial charge in [0.2, 0.25) is 11.8 Å². The summed E-state index contributed by atoms with van der Waals surface area (Å²) >= 11 is 0. The van der Waals surface area contributed by atoms with Crippen LogP contribution in [0, 0.1) is 29.4 Å². The van der Waals surface area contributed by atoms with E-state index < -0.39 is 48.1 Å². The van der Waals surface area contributed by atoms with E-state index in [1.807, 2.05) is 52.8 Å². The van der Waals surface area contributed by atoms with Crippen LogP contribution in [-0.2, 0) is 19.1 Å². The minimum Gasteiger partial charge on any atom is -0.465 e. The molecular formula is C57H72F2N10O7. The Morgan fingerprint density at radius 2 is 1.24 bits per heavy atom. The van der Waals surface area contributed by atoms with E-state index in [9.17, 15) is 24.3 Å². The van der Waals surface area contributed by atoms with Gasteiger partial charge in [0.25, 0.3) is 0 Å². The van der Waals surface area contributed by atoms with Crippen molar-refractivity contribution in [1.82, 2.24) is 40.0 Å². The Bertz CT molecular complexity index is 2990. The fourth-order valence-corrected chi connectivity index (χ4v) is 14.4. The van der Waals surface area contributed by atoms with Crippen LogP contribution in [0.1, 0.15) is 151 Å². The number of halogens is 2. The molecule has 6 fully saturated rings. The number of fused-ring (bicyclic) bond motifs is 4. The molecule has 3 aromatic carbocycles. The van der Waals surface area contributed by atoms with E-state index >= 15 is 8.78 Å². The van der Waals surface area contributed by atoms with Crippen molar-refractivity contribution in [1.29, 1.82) is 0 Å². The Morgan fingerprint density at radius 1 is 0.711 bits per heavy atom. The molecule has 2 aromatic heterocycles. The number of alkyl carbamates (subject to hydrolysis) is 1. The number of carboxylic acid groups (broad SMARTS) is 1. The average Bonchev–Trinajstić information content (AvgIpc) is 4.30. The van der Waals surface area contributed by atoms with Gasteiger partial charge < -0.3 is 49.5 Å². The van der Waals surface area contributed by atoms with Crippen LogP contribution in [0.4, 0.5) is 29.7 Å². The largest absolute Gasteiger partial charge is 0.465 e. The number of ether oxygens (including phenoxy) is 2. The summed E-state index contributed by atoms with van der Waals surface area (Å²) in [5.74, 6) is 0.0826. The van der Waals surface area contributed by atoms with E-state index in [0.717, 1.165) is 96.8 Å². The number of hydrogen-bond donors (Lipinski definition) is 4. The lowest BCUT2D eigenvalue weighted by molar-refractivity contribution is -0.144. The second kappa shape index (κ2) is 20.8. The number of imidazole rings is 2. The predicted octanol–water partition coefficient (Wildman–Crippen LogP) is 10.1. The van der Waals surface area contributed by atoms with Gasteiger partial charge in [-0.2, -0.15) is 0 Å². The van der Waals surface area contributed by atoms with Crippen molar-refractivity contribution in [2.75, 3.05) is 44.2 Å². The van der Waals surface area contributed by atoms with Crippen LogP contribution in [-0.4, -0.2) is 128 Å². The summed E-state index contributed by atoms with van der Waals surface area (Å²) in [6.07, 6.45) is 8.75. The molecule has 0 bridgehead atoms. The van der Waals surface area contributed by atoms with Crippen LogP contribution in [0.15, 0.2) is 48.5 Å². The zero-order valence-corrected chi connectivity index (χ0v) is 44.4. The number of aromatic amines is 2. The maximum atomic E-state index is 16.6. The molecule has 4 amide bonds. The van der Waals surface area contributed by atoms with Gasteiger partial charge in [-0.1, -0.05) is 38.8 Å². The van der Waals surface area contributed by atoms with E-state index in [4.69, 9.17) is 19.4 Å². The highest BCUT2D eigenvalue weighted by Crippen LogP contribution is 2.52. The zero-order chi connectivity index (χ0) is 53.3. The number of nitrogens with zero attached hydrogens (tertiary/aromatic N) is 7. The number of rotatable bonds is 13. The van der Waals surface area contributed by atoms with Gasteiger partial charge in [-0.25, -0.2) is 28.3 Å². The Labute approximate surface area is 442 Å². The zero-order valence-electron chi connectivity index (χ0n) is 44.4. The standard InChI is InChI=1S/C57H72F2N10O7/c1-30(2)49(64-56(72)76-6)54(70)68-43-14-10-12-32(43)26-47(68)52-60-39-18-16-34(24-41(39)62-52)45-20-21-46(67(45)36-28-37(58)51(38(59)29-36)66-22-8-7-9-23-66)35-17-19-40-42(25-35)63-53(61-40)48-27-33-13-11-15-44(33)69(48)55(71)50(31(3)75-5)65(4)57(73)74/h16-19,24-25,28-33,43-50H,7-15,20-23,26-27H2,1-6H3,(H,60,62)(H,61,63)(H,64,72)(H,73,74)/t31-,32+,33+,43+,44+,45-,46-,47+,48+,49+,50+/m1/s1. The van der Waals surface area contributed by atoms with Gasteiger partial charge >= 0.3 is 12.2 Å². The Hall–Kier alpha value is -6.50. The summed E-state index contributed by atoms with van der Waals surface area (Å²) in [6.45, 7) is 6.74. The highest BCUT2D eigenvalue weighted by Gasteiger charge is 2.52. The Kier molecular flexibility index (Phi) is 14.1. The number of carbonyl (C=O) groups excluding carboxylic acids is 3. The van der Waals surface area contributed by atoms with Gasteiger partial charge in [0.05, 0.1) is 59.4 Å². The van der Waals surface area contributed by atoms with Crippen LogP contribution in [0.25, 0.3) is 22.1 Å². The molecule has 4 N–H and O–H groups in total. The average molecular weight is 1050 g/mol. The lowest BCUT2D eigenvalue weighted by atomic mass is 10.0. The monoisotopic (exact) mass is 1050 g/mol. The summed E-state index contributed by atoms with van der Waals surface area (Å²) in [5.41, 5.74) is 5.33. The van der Waals surface area contributed by atoms with Crippen molar-refractivity contribution >= 4 is 57.4 Å². The van der Waals surface area contributed by atoms with Crippen LogP contribution < -0.4 is 15.1 Å². The number of aromatic nitrogens is 4. The third-order valence-corrected chi connectivity index (χ3v) is 18.2. The van der Waals surface area contributed by atoms with E-state index in [1.54, 1.807) is 6.92 Å². The first kappa shape index (κ1) is 51.6. The van der Waals surface area contributed by atoms with Crippen molar-refractivity contribution in [2.45, 2.75) is 159 Å². The molecule has 0 spiro atoms. The number of piperidine rings is 1. The SMILES string of the molecule is COC(=O)N[C@H](C(=O)N1[C@H](c2nc3ccc([C@H]4CC[C@H](c5ccc6nc([C@@H]7C[C@@H]8CCC[C@@H]8N7C(=O)[C@H]([C@@H](C)OC)N(C)C(=O)O)[nH]c6c5)N4c4cc(F)c(N5CCCCC5)c(F)c4)cc3[nH]2)C[C@@H]2CCC[C@@H]21)C(C)C. The molecule has 19 heteroatoms. The number of methoxy groups -OCH3 is 2. The van der Waals surface area contributed by atoms with Crippen molar-refractivity contribution in [2.24, 2.45) is 17.8 Å². The highest BCUT2D eigenvalue weighted by molar-refractivity contribution is 5.88. The topological polar surface area (TPSA) is 193 Å². The fraction of sp³-hybridized carbons (Fsp3) is 0.579. The maximum absolute atomic E-state index is 16.6. The Morgan fingerprint density at radius 3 is 1.72 bits per heavy atom. The number of likely N-dealkylation sites (tertiary alicyclic amines) is 2. The van der Waals surface area contributed by atoms with Crippen LogP contribution in [0.5, 0.6) is 0 Å². The third kappa shape index (κ3) is 9.16. The first-order chi connectivity index (χ1) is 36.6. The molecule has 2 aliphatic carbocycles. The minimum atomic E-state index is -1.21. The molecule has 0 unspecified atom stereocenters. The molecule has 2 saturated carbocycles. The van der Waals surface area contributed by atoms with Crippen molar-refractivity contribution in [3.8, 4) is 0 Å². The van der Waals surface area contributed by atoms with E-state index in [2.05, 4.69) is 32.3 Å². The molecule has 6 heterocycles. The van der Waals surface area contributed by atoms with Crippen molar-refractivity contribution in [3.05, 3.63) is 82.9 Å². The molecule has 406 valence electrons. The number of carbonyl (C=O) groups is 4. The number of H-pyrrole nitrogens is 2. The second-order valence-electron chi connectivity index (χ2n) is 22.8. The first-order valence-corrected chi connectivity index (χ1v) is 27.6. The maximum Gasteiger partial charge on any atom is 0.407 e. The Balaban J connectivity index is 0.933. The fourth-order valence-electron chi connectivity index (χ4n) is 14.4. The number of nitrogens with one attached hydrogen (secondary N) is 3. The number of anilines is 2. The molecule has 0 radical (unpaired) electrons.